The van der Waals surface area contributed by atoms with E-state index in [9.17, 15) is 8.42 Å². The number of nitrogens with zero attached hydrogens (tertiary/aromatic N) is 1. The number of rotatable bonds is 7. The molecule has 102 valence electrons. The molecule has 0 bridgehead atoms. The molecule has 1 aliphatic heterocycles. The summed E-state index contributed by atoms with van der Waals surface area (Å²) < 4.78 is 30.5. The molecule has 1 fully saturated rings. The van der Waals surface area contributed by atoms with Crippen LogP contribution < -0.4 is 5.32 Å². The van der Waals surface area contributed by atoms with E-state index in [0.29, 0.717) is 13.2 Å². The van der Waals surface area contributed by atoms with Gasteiger partial charge in [0, 0.05) is 32.8 Å². The first-order chi connectivity index (χ1) is 8.11. The average Bonchev–Trinajstić information content (AvgIpc) is 2.35. The van der Waals surface area contributed by atoms with Crippen molar-refractivity contribution in [2.75, 3.05) is 39.1 Å². The van der Waals surface area contributed by atoms with Crippen LogP contribution in [-0.2, 0) is 14.8 Å². The lowest BCUT2D eigenvalue weighted by Gasteiger charge is -2.34. The molecule has 0 radical (unpaired) electrons. The van der Waals surface area contributed by atoms with Gasteiger partial charge in [0.2, 0.25) is 10.0 Å². The maximum Gasteiger partial charge on any atom is 0.214 e. The van der Waals surface area contributed by atoms with Gasteiger partial charge in [0.1, 0.15) is 0 Å². The van der Waals surface area contributed by atoms with E-state index in [1.54, 1.807) is 18.3 Å². The average molecular weight is 264 g/mol. The fourth-order valence-electron chi connectivity index (χ4n) is 2.15. The van der Waals surface area contributed by atoms with E-state index in [4.69, 9.17) is 4.74 Å². The molecule has 1 heterocycles. The molecule has 1 atom stereocenters. The summed E-state index contributed by atoms with van der Waals surface area (Å²) >= 11 is 0. The van der Waals surface area contributed by atoms with Crippen LogP contribution in [0.5, 0.6) is 0 Å². The summed E-state index contributed by atoms with van der Waals surface area (Å²) in [6, 6.07) is 0.116. The van der Waals surface area contributed by atoms with Gasteiger partial charge in [-0.2, -0.15) is 4.31 Å². The van der Waals surface area contributed by atoms with Gasteiger partial charge >= 0.3 is 0 Å². The molecule has 0 aromatic carbocycles. The van der Waals surface area contributed by atoms with Crippen LogP contribution in [0.1, 0.15) is 26.2 Å². The van der Waals surface area contributed by atoms with E-state index < -0.39 is 10.0 Å². The maximum atomic E-state index is 11.9. The lowest BCUT2D eigenvalue weighted by atomic mass is 10.1. The van der Waals surface area contributed by atoms with Gasteiger partial charge in [0.05, 0.1) is 12.4 Å². The Morgan fingerprint density at radius 1 is 1.41 bits per heavy atom. The van der Waals surface area contributed by atoms with Crippen LogP contribution >= 0.6 is 0 Å². The quantitative estimate of drug-likeness (QED) is 0.677. The van der Waals surface area contributed by atoms with Crippen molar-refractivity contribution in [2.45, 2.75) is 32.2 Å². The third-order valence-corrected chi connectivity index (χ3v) is 5.08. The highest BCUT2D eigenvalue weighted by atomic mass is 32.2. The topological polar surface area (TPSA) is 58.6 Å². The molecule has 1 aliphatic rings. The summed E-state index contributed by atoms with van der Waals surface area (Å²) in [6.07, 6.45) is 3.05. The Morgan fingerprint density at radius 2 is 2.18 bits per heavy atom. The lowest BCUT2D eigenvalue weighted by molar-refractivity contribution is 0.191. The van der Waals surface area contributed by atoms with E-state index in [1.807, 2.05) is 0 Å². The standard InChI is InChI=1S/C11H24N2O3S/c1-3-17(14,15)13-8-5-4-6-11(13)10-12-7-9-16-2/h11-12H,3-10H2,1-2H3. The number of hydrogen-bond acceptors (Lipinski definition) is 4. The lowest BCUT2D eigenvalue weighted by Crippen LogP contribution is -2.49. The highest BCUT2D eigenvalue weighted by Gasteiger charge is 2.30. The van der Waals surface area contributed by atoms with E-state index in [-0.39, 0.29) is 11.8 Å². The highest BCUT2D eigenvalue weighted by Crippen LogP contribution is 2.20. The Balaban J connectivity index is 2.49. The molecular formula is C11H24N2O3S. The first-order valence-corrected chi connectivity index (χ1v) is 7.92. The van der Waals surface area contributed by atoms with Gasteiger partial charge < -0.3 is 10.1 Å². The number of sulfonamides is 1. The Labute approximate surface area is 105 Å². The largest absolute Gasteiger partial charge is 0.383 e. The molecule has 1 unspecified atom stereocenters. The van der Waals surface area contributed by atoms with Crippen molar-refractivity contribution < 1.29 is 13.2 Å². The summed E-state index contributed by atoms with van der Waals surface area (Å²) in [4.78, 5) is 0. The molecule has 6 heteroatoms. The summed E-state index contributed by atoms with van der Waals surface area (Å²) in [5.74, 6) is 0.196. The van der Waals surface area contributed by atoms with Crippen molar-refractivity contribution in [3.8, 4) is 0 Å². The van der Waals surface area contributed by atoms with Crippen molar-refractivity contribution in [1.29, 1.82) is 0 Å². The van der Waals surface area contributed by atoms with Gasteiger partial charge in [0.15, 0.2) is 0 Å². The van der Waals surface area contributed by atoms with E-state index in [0.717, 1.165) is 32.4 Å². The number of ether oxygens (including phenoxy) is 1. The second-order valence-corrected chi connectivity index (χ2v) is 6.57. The SMILES string of the molecule is CCS(=O)(=O)N1CCCCC1CNCCOC. The summed E-state index contributed by atoms with van der Waals surface area (Å²) in [7, 11) is -1.39. The Bertz CT molecular complexity index is 306. The second kappa shape index (κ2) is 7.31. The van der Waals surface area contributed by atoms with Gasteiger partial charge in [-0.15, -0.1) is 0 Å². The van der Waals surface area contributed by atoms with Gasteiger partial charge in [0.25, 0.3) is 0 Å². The molecule has 0 aromatic rings. The summed E-state index contributed by atoms with van der Waals surface area (Å²) in [5.41, 5.74) is 0. The van der Waals surface area contributed by atoms with E-state index in [1.165, 1.54) is 0 Å². The summed E-state index contributed by atoms with van der Waals surface area (Å²) in [6.45, 7) is 4.54. The van der Waals surface area contributed by atoms with E-state index in [2.05, 4.69) is 5.32 Å². The zero-order chi connectivity index (χ0) is 12.7. The monoisotopic (exact) mass is 264 g/mol. The zero-order valence-corrected chi connectivity index (χ0v) is 11.6. The molecule has 1 saturated heterocycles. The van der Waals surface area contributed by atoms with Crippen molar-refractivity contribution >= 4 is 10.0 Å². The molecular weight excluding hydrogens is 240 g/mol. The number of piperidine rings is 1. The van der Waals surface area contributed by atoms with Gasteiger partial charge in [-0.05, 0) is 19.8 Å². The first-order valence-electron chi connectivity index (χ1n) is 6.31. The van der Waals surface area contributed by atoms with Crippen LogP contribution in [-0.4, -0.2) is 57.9 Å². The molecule has 0 amide bonds. The first kappa shape index (κ1) is 14.9. The van der Waals surface area contributed by atoms with Gasteiger partial charge in [-0.3, -0.25) is 0 Å². The zero-order valence-electron chi connectivity index (χ0n) is 10.8. The van der Waals surface area contributed by atoms with Crippen molar-refractivity contribution in [3.63, 3.8) is 0 Å². The van der Waals surface area contributed by atoms with Crippen LogP contribution in [0.3, 0.4) is 0 Å². The van der Waals surface area contributed by atoms with Crippen LogP contribution in [0.2, 0.25) is 0 Å². The highest BCUT2D eigenvalue weighted by molar-refractivity contribution is 7.89. The molecule has 1 N–H and O–H groups in total. The maximum absolute atomic E-state index is 11.9. The van der Waals surface area contributed by atoms with Crippen LogP contribution in [0.4, 0.5) is 0 Å². The third-order valence-electron chi connectivity index (χ3n) is 3.16. The fourth-order valence-corrected chi connectivity index (χ4v) is 3.53. The fraction of sp³-hybridized carbons (Fsp3) is 1.00. The Hall–Kier alpha value is -0.170. The minimum absolute atomic E-state index is 0.116. The Kier molecular flexibility index (Phi) is 6.40. The van der Waals surface area contributed by atoms with Crippen molar-refractivity contribution in [2.24, 2.45) is 0 Å². The number of hydrogen-bond donors (Lipinski definition) is 1. The van der Waals surface area contributed by atoms with Gasteiger partial charge in [-0.1, -0.05) is 6.42 Å². The van der Waals surface area contributed by atoms with Crippen molar-refractivity contribution in [3.05, 3.63) is 0 Å². The van der Waals surface area contributed by atoms with E-state index >= 15 is 0 Å². The van der Waals surface area contributed by atoms with Crippen LogP contribution in [0.25, 0.3) is 0 Å². The minimum atomic E-state index is -3.05. The normalized spacial score (nSPS) is 22.8. The van der Waals surface area contributed by atoms with Crippen molar-refractivity contribution in [1.82, 2.24) is 9.62 Å². The molecule has 0 aliphatic carbocycles. The van der Waals surface area contributed by atoms with Gasteiger partial charge in [-0.25, -0.2) is 8.42 Å². The molecule has 0 saturated carbocycles. The number of methoxy groups -OCH3 is 1. The molecule has 0 aromatic heterocycles. The third kappa shape index (κ3) is 4.54. The number of nitrogens with one attached hydrogen (secondary N) is 1. The second-order valence-electron chi connectivity index (χ2n) is 4.36. The smallest absolute Gasteiger partial charge is 0.214 e. The minimum Gasteiger partial charge on any atom is -0.383 e. The Morgan fingerprint density at radius 3 is 2.82 bits per heavy atom. The molecule has 1 rings (SSSR count). The van der Waals surface area contributed by atoms with Crippen LogP contribution in [0, 0.1) is 0 Å². The summed E-state index contributed by atoms with van der Waals surface area (Å²) in [5, 5.41) is 3.25. The predicted octanol–water partition coefficient (Wildman–Crippen LogP) is 0.427. The molecule has 17 heavy (non-hydrogen) atoms. The molecule has 0 spiro atoms. The van der Waals surface area contributed by atoms with Crippen LogP contribution in [0.15, 0.2) is 0 Å². The molecule has 5 nitrogen and oxygen atoms in total. The predicted molar refractivity (Wildman–Crippen MR) is 68.6 cm³/mol.